The van der Waals surface area contributed by atoms with Crippen LogP contribution in [0.3, 0.4) is 0 Å². The molecular formula is C22H22I3NO4. The minimum Gasteiger partial charge on any atom is -0.462 e. The van der Waals surface area contributed by atoms with Crippen LogP contribution in [-0.2, 0) is 19.9 Å². The van der Waals surface area contributed by atoms with Crippen molar-refractivity contribution in [3.05, 3.63) is 64.3 Å². The number of benzene rings is 2. The van der Waals surface area contributed by atoms with Crippen molar-refractivity contribution in [2.45, 2.75) is 31.3 Å². The van der Waals surface area contributed by atoms with Crippen LogP contribution in [-0.4, -0.2) is 31.6 Å². The highest BCUT2D eigenvalue weighted by molar-refractivity contribution is 14.1. The van der Waals surface area contributed by atoms with Crippen molar-refractivity contribution in [2.24, 2.45) is 0 Å². The standard InChI is InChI=1S/C22H22I3NO4/c23-16-13-17(20(25)18(24)14-16)21(28)29-12-4-7-19(27)30-22(8-10-26-11-9-22)15-5-2-1-3-6-15/h1-3,5-6,13-14,26H,4,7-12H2. The van der Waals surface area contributed by atoms with Gasteiger partial charge in [0.25, 0.3) is 0 Å². The summed E-state index contributed by atoms with van der Waals surface area (Å²) in [4.78, 5) is 25.0. The minimum absolute atomic E-state index is 0.186. The number of piperidine rings is 1. The zero-order chi connectivity index (χ0) is 21.6. The van der Waals surface area contributed by atoms with Gasteiger partial charge in [0.2, 0.25) is 0 Å². The fourth-order valence-electron chi connectivity index (χ4n) is 3.45. The van der Waals surface area contributed by atoms with Crippen molar-refractivity contribution in [1.82, 2.24) is 5.32 Å². The van der Waals surface area contributed by atoms with E-state index >= 15 is 0 Å². The van der Waals surface area contributed by atoms with E-state index in [-0.39, 0.29) is 25.0 Å². The van der Waals surface area contributed by atoms with E-state index in [1.54, 1.807) is 0 Å². The molecule has 160 valence electrons. The smallest absolute Gasteiger partial charge is 0.339 e. The van der Waals surface area contributed by atoms with Gasteiger partial charge in [-0.2, -0.15) is 0 Å². The maximum Gasteiger partial charge on any atom is 0.339 e. The van der Waals surface area contributed by atoms with E-state index in [2.05, 4.69) is 73.1 Å². The number of esters is 2. The van der Waals surface area contributed by atoms with E-state index in [0.717, 1.165) is 42.2 Å². The number of ether oxygens (including phenoxy) is 2. The summed E-state index contributed by atoms with van der Waals surface area (Å²) in [6, 6.07) is 13.8. The SMILES string of the molecule is O=C(CCCOC(=O)c1cc(I)cc(I)c1I)OC1(c2ccccc2)CCNCC1. The monoisotopic (exact) mass is 745 g/mol. The van der Waals surface area contributed by atoms with Gasteiger partial charge < -0.3 is 14.8 Å². The van der Waals surface area contributed by atoms with Crippen LogP contribution in [0, 0.1) is 10.7 Å². The molecule has 3 rings (SSSR count). The number of hydrogen-bond acceptors (Lipinski definition) is 5. The normalized spacial score (nSPS) is 15.4. The second-order valence-corrected chi connectivity index (χ2v) is 10.6. The van der Waals surface area contributed by atoms with Gasteiger partial charge in [-0.15, -0.1) is 0 Å². The predicted molar refractivity (Wildman–Crippen MR) is 140 cm³/mol. The summed E-state index contributed by atoms with van der Waals surface area (Å²) in [5, 5.41) is 3.32. The quantitative estimate of drug-likeness (QED) is 0.182. The fourth-order valence-corrected chi connectivity index (χ4v) is 5.83. The van der Waals surface area contributed by atoms with Crippen molar-refractivity contribution in [3.63, 3.8) is 0 Å². The average Bonchev–Trinajstić information content (AvgIpc) is 2.75. The summed E-state index contributed by atoms with van der Waals surface area (Å²) in [6.07, 6.45) is 2.16. The first-order valence-corrected chi connectivity index (χ1v) is 12.9. The molecule has 0 spiro atoms. The summed E-state index contributed by atoms with van der Waals surface area (Å²) in [6.45, 7) is 1.81. The first kappa shape index (κ1) is 24.2. The molecule has 1 aliphatic heterocycles. The molecule has 0 unspecified atom stereocenters. The van der Waals surface area contributed by atoms with Crippen LogP contribution < -0.4 is 5.32 Å². The van der Waals surface area contributed by atoms with E-state index in [4.69, 9.17) is 9.47 Å². The van der Waals surface area contributed by atoms with Crippen LogP contribution in [0.4, 0.5) is 0 Å². The molecule has 30 heavy (non-hydrogen) atoms. The zero-order valence-corrected chi connectivity index (χ0v) is 22.7. The molecule has 5 nitrogen and oxygen atoms in total. The van der Waals surface area contributed by atoms with Crippen molar-refractivity contribution in [3.8, 4) is 0 Å². The number of hydrogen-bond donors (Lipinski definition) is 1. The lowest BCUT2D eigenvalue weighted by Gasteiger charge is -2.37. The Balaban J connectivity index is 1.52. The molecule has 0 saturated carbocycles. The second kappa shape index (κ2) is 11.4. The molecule has 0 aromatic heterocycles. The van der Waals surface area contributed by atoms with E-state index < -0.39 is 5.60 Å². The maximum atomic E-state index is 12.6. The van der Waals surface area contributed by atoms with Gasteiger partial charge in [0.15, 0.2) is 0 Å². The largest absolute Gasteiger partial charge is 0.462 e. The van der Waals surface area contributed by atoms with Crippen LogP contribution in [0.15, 0.2) is 42.5 Å². The molecule has 0 radical (unpaired) electrons. The summed E-state index contributed by atoms with van der Waals surface area (Å²) in [5.74, 6) is -0.612. The Morgan fingerprint density at radius 1 is 1.03 bits per heavy atom. The molecule has 2 aromatic carbocycles. The van der Waals surface area contributed by atoms with Gasteiger partial charge in [0, 0.05) is 30.0 Å². The van der Waals surface area contributed by atoms with Gasteiger partial charge in [-0.05, 0) is 105 Å². The molecule has 1 fully saturated rings. The topological polar surface area (TPSA) is 64.6 Å². The van der Waals surface area contributed by atoms with Gasteiger partial charge in [0.05, 0.1) is 12.2 Å². The Labute approximate surface area is 217 Å². The van der Waals surface area contributed by atoms with E-state index in [0.29, 0.717) is 12.0 Å². The molecular weight excluding hydrogens is 723 g/mol. The zero-order valence-electron chi connectivity index (χ0n) is 16.3. The van der Waals surface area contributed by atoms with Crippen molar-refractivity contribution >= 4 is 79.7 Å². The van der Waals surface area contributed by atoms with Crippen molar-refractivity contribution in [2.75, 3.05) is 19.7 Å². The van der Waals surface area contributed by atoms with Crippen LogP contribution in [0.5, 0.6) is 0 Å². The average molecular weight is 745 g/mol. The van der Waals surface area contributed by atoms with Crippen LogP contribution >= 0.6 is 67.8 Å². The number of halogens is 3. The van der Waals surface area contributed by atoms with Crippen LogP contribution in [0.25, 0.3) is 0 Å². The first-order valence-electron chi connectivity index (χ1n) is 9.71. The third-order valence-electron chi connectivity index (χ3n) is 4.99. The van der Waals surface area contributed by atoms with Crippen molar-refractivity contribution in [1.29, 1.82) is 0 Å². The lowest BCUT2D eigenvalue weighted by molar-refractivity contribution is -0.164. The Morgan fingerprint density at radius 3 is 2.43 bits per heavy atom. The van der Waals surface area contributed by atoms with Gasteiger partial charge in [-0.3, -0.25) is 4.79 Å². The molecule has 0 aliphatic carbocycles. The van der Waals surface area contributed by atoms with Crippen LogP contribution in [0.1, 0.15) is 41.6 Å². The highest BCUT2D eigenvalue weighted by Gasteiger charge is 2.37. The number of carbonyl (C=O) groups is 2. The molecule has 0 amide bonds. The van der Waals surface area contributed by atoms with Gasteiger partial charge in [-0.25, -0.2) is 4.79 Å². The maximum absolute atomic E-state index is 12.6. The van der Waals surface area contributed by atoms with Gasteiger partial charge in [0.1, 0.15) is 5.60 Å². The summed E-state index contributed by atoms with van der Waals surface area (Å²) < 4.78 is 14.3. The first-order chi connectivity index (χ1) is 14.4. The number of nitrogens with one attached hydrogen (secondary N) is 1. The minimum atomic E-state index is -0.576. The fraction of sp³-hybridized carbons (Fsp3) is 0.364. The van der Waals surface area contributed by atoms with E-state index in [9.17, 15) is 9.59 Å². The van der Waals surface area contributed by atoms with Crippen LogP contribution in [0.2, 0.25) is 0 Å². The lowest BCUT2D eigenvalue weighted by Crippen LogP contribution is -2.43. The number of carbonyl (C=O) groups excluding carboxylic acids is 2. The van der Waals surface area contributed by atoms with E-state index in [1.807, 2.05) is 42.5 Å². The molecule has 1 heterocycles. The summed E-state index contributed by atoms with van der Waals surface area (Å²) in [7, 11) is 0. The molecule has 8 heteroatoms. The summed E-state index contributed by atoms with van der Waals surface area (Å²) in [5.41, 5.74) is 1.02. The molecule has 0 atom stereocenters. The third-order valence-corrected chi connectivity index (χ3v) is 8.66. The van der Waals surface area contributed by atoms with Crippen molar-refractivity contribution < 1.29 is 19.1 Å². The highest BCUT2D eigenvalue weighted by Crippen LogP contribution is 2.35. The Hall–Kier alpha value is -0.470. The highest BCUT2D eigenvalue weighted by atomic mass is 127. The molecule has 1 saturated heterocycles. The second-order valence-electron chi connectivity index (χ2n) is 7.07. The van der Waals surface area contributed by atoms with Gasteiger partial charge in [-0.1, -0.05) is 30.3 Å². The summed E-state index contributed by atoms with van der Waals surface area (Å²) >= 11 is 6.55. The molecule has 0 bridgehead atoms. The Bertz CT molecular complexity index is 899. The van der Waals surface area contributed by atoms with Gasteiger partial charge >= 0.3 is 11.9 Å². The molecule has 1 N–H and O–H groups in total. The molecule has 2 aromatic rings. The third kappa shape index (κ3) is 6.28. The Morgan fingerprint density at radius 2 is 1.73 bits per heavy atom. The predicted octanol–water partition coefficient (Wildman–Crippen LogP) is 5.26. The van der Waals surface area contributed by atoms with E-state index in [1.165, 1.54) is 0 Å². The number of rotatable bonds is 7. The lowest BCUT2D eigenvalue weighted by atomic mass is 9.84. The molecule has 1 aliphatic rings. The Kier molecular flexibility index (Phi) is 9.20.